The number of nitrogens with one attached hydrogen (secondary N) is 2. The average molecular weight is 326 g/mol. The van der Waals surface area contributed by atoms with Gasteiger partial charge >= 0.3 is 0 Å². The lowest BCUT2D eigenvalue weighted by Crippen LogP contribution is -2.20. The van der Waals surface area contributed by atoms with Crippen molar-refractivity contribution in [2.75, 3.05) is 23.8 Å². The van der Waals surface area contributed by atoms with Crippen LogP contribution in [0, 0.1) is 0 Å². The molecule has 6 nitrogen and oxygen atoms in total. The summed E-state index contributed by atoms with van der Waals surface area (Å²) in [5.41, 5.74) is 2.32. The first-order valence-corrected chi connectivity index (χ1v) is 7.72. The molecule has 1 aliphatic heterocycles. The molecule has 0 aromatic heterocycles. The zero-order valence-electron chi connectivity index (χ0n) is 13.3. The van der Waals surface area contributed by atoms with Crippen LogP contribution in [0.25, 0.3) is 0 Å². The van der Waals surface area contributed by atoms with Crippen molar-refractivity contribution in [1.82, 2.24) is 0 Å². The van der Waals surface area contributed by atoms with Gasteiger partial charge < -0.3 is 20.1 Å². The number of rotatable bonds is 6. The summed E-state index contributed by atoms with van der Waals surface area (Å²) >= 11 is 0. The second kappa shape index (κ2) is 7.04. The number of anilines is 2. The van der Waals surface area contributed by atoms with Crippen LogP contribution in [-0.2, 0) is 16.0 Å². The van der Waals surface area contributed by atoms with Crippen LogP contribution < -0.4 is 20.1 Å². The van der Waals surface area contributed by atoms with Crippen LogP contribution in [0.15, 0.2) is 42.5 Å². The Labute approximate surface area is 139 Å². The van der Waals surface area contributed by atoms with Crippen molar-refractivity contribution in [3.8, 4) is 11.5 Å². The number of ether oxygens (including phenoxy) is 2. The molecule has 124 valence electrons. The normalized spacial score (nSPS) is 12.3. The fourth-order valence-electron chi connectivity index (χ4n) is 2.45. The lowest BCUT2D eigenvalue weighted by Gasteiger charge is -2.09. The standard InChI is InChI=1S/C18H18N2O4/c1-2-23-14-4-6-15(7-5-14)24-11-18(22)19-13-3-8-16-12(9-13)10-17(21)20-16/h3-9H,2,10-11H2,1H3,(H,19,22)(H,20,21). The Bertz CT molecular complexity index is 756. The molecule has 1 aliphatic rings. The van der Waals surface area contributed by atoms with Gasteiger partial charge in [-0.1, -0.05) is 0 Å². The molecule has 0 aliphatic carbocycles. The summed E-state index contributed by atoms with van der Waals surface area (Å²) in [4.78, 5) is 23.3. The Morgan fingerprint density at radius 2 is 1.83 bits per heavy atom. The summed E-state index contributed by atoms with van der Waals surface area (Å²) < 4.78 is 10.8. The molecule has 0 unspecified atom stereocenters. The molecule has 24 heavy (non-hydrogen) atoms. The van der Waals surface area contributed by atoms with Gasteiger partial charge in [0.25, 0.3) is 5.91 Å². The van der Waals surface area contributed by atoms with Gasteiger partial charge in [-0.2, -0.15) is 0 Å². The number of carbonyl (C=O) groups is 2. The maximum atomic E-state index is 12.0. The quantitative estimate of drug-likeness (QED) is 0.855. The Morgan fingerprint density at radius 3 is 2.54 bits per heavy atom. The van der Waals surface area contributed by atoms with Gasteiger partial charge in [0.15, 0.2) is 6.61 Å². The maximum Gasteiger partial charge on any atom is 0.262 e. The molecule has 0 fully saturated rings. The molecule has 0 spiro atoms. The molecule has 2 N–H and O–H groups in total. The van der Waals surface area contributed by atoms with Crippen LogP contribution in [0.2, 0.25) is 0 Å². The third-order valence-corrected chi connectivity index (χ3v) is 3.52. The van der Waals surface area contributed by atoms with Crippen LogP contribution in [0.4, 0.5) is 11.4 Å². The van der Waals surface area contributed by atoms with Crippen LogP contribution in [-0.4, -0.2) is 25.0 Å². The molecule has 0 saturated heterocycles. The van der Waals surface area contributed by atoms with Crippen LogP contribution >= 0.6 is 0 Å². The lowest BCUT2D eigenvalue weighted by atomic mass is 10.1. The first-order valence-electron chi connectivity index (χ1n) is 7.72. The monoisotopic (exact) mass is 326 g/mol. The van der Waals surface area contributed by atoms with E-state index in [2.05, 4.69) is 10.6 Å². The maximum absolute atomic E-state index is 12.0. The minimum absolute atomic E-state index is 0.0349. The summed E-state index contributed by atoms with van der Waals surface area (Å²) in [7, 11) is 0. The summed E-state index contributed by atoms with van der Waals surface area (Å²) in [6, 6.07) is 12.4. The van der Waals surface area contributed by atoms with Gasteiger partial charge in [-0.05, 0) is 55.0 Å². The number of fused-ring (bicyclic) bond motifs is 1. The molecule has 2 amide bonds. The summed E-state index contributed by atoms with van der Waals surface area (Å²) in [6.45, 7) is 2.42. The molecule has 1 heterocycles. The smallest absolute Gasteiger partial charge is 0.262 e. The summed E-state index contributed by atoms with van der Waals surface area (Å²) in [5, 5.41) is 5.51. The van der Waals surface area contributed by atoms with E-state index in [1.54, 1.807) is 42.5 Å². The Kier molecular flexibility index (Phi) is 4.65. The molecule has 2 aromatic rings. The van der Waals surface area contributed by atoms with Gasteiger partial charge in [0, 0.05) is 11.4 Å². The highest BCUT2D eigenvalue weighted by Crippen LogP contribution is 2.26. The van der Waals surface area contributed by atoms with Gasteiger partial charge in [0.2, 0.25) is 5.91 Å². The highest BCUT2D eigenvalue weighted by molar-refractivity contribution is 6.00. The molecule has 0 bridgehead atoms. The van der Waals surface area contributed by atoms with Gasteiger partial charge in [0.05, 0.1) is 13.0 Å². The first-order chi connectivity index (χ1) is 11.6. The third-order valence-electron chi connectivity index (χ3n) is 3.52. The van der Waals surface area contributed by atoms with E-state index in [4.69, 9.17) is 9.47 Å². The number of hydrogen-bond acceptors (Lipinski definition) is 4. The van der Waals surface area contributed by atoms with Crippen molar-refractivity contribution in [3.05, 3.63) is 48.0 Å². The van der Waals surface area contributed by atoms with Crippen molar-refractivity contribution in [2.24, 2.45) is 0 Å². The highest BCUT2D eigenvalue weighted by Gasteiger charge is 2.17. The fourth-order valence-corrected chi connectivity index (χ4v) is 2.45. The fraction of sp³-hybridized carbons (Fsp3) is 0.222. The van der Waals surface area contributed by atoms with Crippen molar-refractivity contribution in [2.45, 2.75) is 13.3 Å². The van der Waals surface area contributed by atoms with Crippen molar-refractivity contribution >= 4 is 23.2 Å². The molecular formula is C18H18N2O4. The van der Waals surface area contributed by atoms with Crippen molar-refractivity contribution in [3.63, 3.8) is 0 Å². The van der Waals surface area contributed by atoms with Crippen molar-refractivity contribution in [1.29, 1.82) is 0 Å². The van der Waals surface area contributed by atoms with Crippen LogP contribution in [0.5, 0.6) is 11.5 Å². The predicted molar refractivity (Wildman–Crippen MR) is 90.5 cm³/mol. The topological polar surface area (TPSA) is 76.7 Å². The molecule has 3 rings (SSSR count). The summed E-state index contributed by atoms with van der Waals surface area (Å²) in [6.07, 6.45) is 0.335. The van der Waals surface area contributed by atoms with E-state index in [1.165, 1.54) is 0 Å². The zero-order valence-corrected chi connectivity index (χ0v) is 13.3. The van der Waals surface area contributed by atoms with E-state index in [9.17, 15) is 9.59 Å². The van der Waals surface area contributed by atoms with Gasteiger partial charge in [-0.3, -0.25) is 9.59 Å². The molecule has 0 saturated carbocycles. The van der Waals surface area contributed by atoms with E-state index in [0.29, 0.717) is 24.5 Å². The molecule has 2 aromatic carbocycles. The minimum atomic E-state index is -0.263. The van der Waals surface area contributed by atoms with E-state index < -0.39 is 0 Å². The predicted octanol–water partition coefficient (Wildman–Crippen LogP) is 2.60. The van der Waals surface area contributed by atoms with Crippen molar-refractivity contribution < 1.29 is 19.1 Å². The lowest BCUT2D eigenvalue weighted by molar-refractivity contribution is -0.118. The summed E-state index contributed by atoms with van der Waals surface area (Å²) in [5.74, 6) is 1.06. The number of carbonyl (C=O) groups excluding carboxylic acids is 2. The molecular weight excluding hydrogens is 308 g/mol. The first kappa shape index (κ1) is 15.9. The molecule has 0 radical (unpaired) electrons. The third kappa shape index (κ3) is 3.84. The number of amides is 2. The second-order valence-electron chi connectivity index (χ2n) is 5.34. The van der Waals surface area contributed by atoms with Gasteiger partial charge in [-0.15, -0.1) is 0 Å². The molecule has 6 heteroatoms. The van der Waals surface area contributed by atoms with Gasteiger partial charge in [-0.25, -0.2) is 0 Å². The minimum Gasteiger partial charge on any atom is -0.494 e. The van der Waals surface area contributed by atoms with Gasteiger partial charge in [0.1, 0.15) is 11.5 Å². The largest absolute Gasteiger partial charge is 0.494 e. The Balaban J connectivity index is 1.52. The molecule has 0 atom stereocenters. The Hall–Kier alpha value is -3.02. The SMILES string of the molecule is CCOc1ccc(OCC(=O)Nc2ccc3c(c2)CC(=O)N3)cc1. The average Bonchev–Trinajstić information content (AvgIpc) is 2.94. The van der Waals surface area contributed by atoms with Crippen LogP contribution in [0.1, 0.15) is 12.5 Å². The number of benzene rings is 2. The highest BCUT2D eigenvalue weighted by atomic mass is 16.5. The zero-order chi connectivity index (χ0) is 16.9. The number of hydrogen-bond donors (Lipinski definition) is 2. The van der Waals surface area contributed by atoms with E-state index in [1.807, 2.05) is 6.92 Å². The second-order valence-corrected chi connectivity index (χ2v) is 5.34. The van der Waals surface area contributed by atoms with E-state index in [0.717, 1.165) is 17.0 Å². The van der Waals surface area contributed by atoms with E-state index in [-0.39, 0.29) is 18.4 Å². The Morgan fingerprint density at radius 1 is 1.12 bits per heavy atom. The van der Waals surface area contributed by atoms with Crippen LogP contribution in [0.3, 0.4) is 0 Å². The van der Waals surface area contributed by atoms with E-state index >= 15 is 0 Å².